The molecule has 1 aromatic rings. The molecule has 1 unspecified atom stereocenters. The van der Waals surface area contributed by atoms with Crippen LogP contribution < -0.4 is 0 Å². The van der Waals surface area contributed by atoms with Gasteiger partial charge in [0.25, 0.3) is 0 Å². The normalized spacial score (nSPS) is 27.9. The molecule has 0 amide bonds. The van der Waals surface area contributed by atoms with Crippen molar-refractivity contribution in [2.75, 3.05) is 6.54 Å². The van der Waals surface area contributed by atoms with Crippen molar-refractivity contribution in [3.8, 4) is 0 Å². The van der Waals surface area contributed by atoms with E-state index in [0.717, 1.165) is 25.9 Å². The largest absolute Gasteiger partial charge is 0.393 e. The lowest BCUT2D eigenvalue weighted by Crippen LogP contribution is -2.58. The first-order valence-electron chi connectivity index (χ1n) is 6.76. The Kier molecular flexibility index (Phi) is 2.93. The second kappa shape index (κ2) is 4.43. The minimum Gasteiger partial charge on any atom is -0.393 e. The van der Waals surface area contributed by atoms with E-state index in [1.165, 1.54) is 24.8 Å². The van der Waals surface area contributed by atoms with Crippen LogP contribution in [0.2, 0.25) is 0 Å². The molecule has 3 rings (SSSR count). The SMILES string of the molecule is OC1CCN(Cc2ccccc2)C2(CCC2)C1. The van der Waals surface area contributed by atoms with E-state index in [1.807, 2.05) is 0 Å². The molecular formula is C15H21NO. The van der Waals surface area contributed by atoms with Crippen molar-refractivity contribution < 1.29 is 5.11 Å². The summed E-state index contributed by atoms with van der Waals surface area (Å²) in [5.74, 6) is 0. The molecule has 1 atom stereocenters. The predicted molar refractivity (Wildman–Crippen MR) is 68.7 cm³/mol. The summed E-state index contributed by atoms with van der Waals surface area (Å²) in [4.78, 5) is 2.61. The molecule has 2 nitrogen and oxygen atoms in total. The molecule has 17 heavy (non-hydrogen) atoms. The minimum atomic E-state index is -0.0673. The maximum atomic E-state index is 9.87. The lowest BCUT2D eigenvalue weighted by atomic mass is 9.69. The van der Waals surface area contributed by atoms with E-state index in [-0.39, 0.29) is 6.10 Å². The molecule has 0 bridgehead atoms. The van der Waals surface area contributed by atoms with Crippen LogP contribution in [0.25, 0.3) is 0 Å². The average molecular weight is 231 g/mol. The van der Waals surface area contributed by atoms with Crippen molar-refractivity contribution in [2.24, 2.45) is 0 Å². The lowest BCUT2D eigenvalue weighted by molar-refractivity contribution is -0.0702. The Morgan fingerprint density at radius 1 is 1.24 bits per heavy atom. The quantitative estimate of drug-likeness (QED) is 0.845. The van der Waals surface area contributed by atoms with E-state index in [9.17, 15) is 5.11 Å². The van der Waals surface area contributed by atoms with Gasteiger partial charge in [-0.25, -0.2) is 0 Å². The van der Waals surface area contributed by atoms with E-state index in [1.54, 1.807) is 0 Å². The fourth-order valence-electron chi connectivity index (χ4n) is 3.37. The van der Waals surface area contributed by atoms with Gasteiger partial charge in [-0.15, -0.1) is 0 Å². The number of hydrogen-bond donors (Lipinski definition) is 1. The number of benzene rings is 1. The lowest BCUT2D eigenvalue weighted by Gasteiger charge is -2.54. The van der Waals surface area contributed by atoms with Crippen molar-refractivity contribution in [3.63, 3.8) is 0 Å². The minimum absolute atomic E-state index is 0.0673. The zero-order valence-corrected chi connectivity index (χ0v) is 10.3. The van der Waals surface area contributed by atoms with Crippen LogP contribution in [0.15, 0.2) is 30.3 Å². The van der Waals surface area contributed by atoms with Crippen LogP contribution >= 0.6 is 0 Å². The molecule has 92 valence electrons. The van der Waals surface area contributed by atoms with Gasteiger partial charge in [0, 0.05) is 18.6 Å². The topological polar surface area (TPSA) is 23.5 Å². The first kappa shape index (κ1) is 11.2. The Morgan fingerprint density at radius 2 is 2.00 bits per heavy atom. The van der Waals surface area contributed by atoms with Gasteiger partial charge in [0.05, 0.1) is 6.10 Å². The highest BCUT2D eigenvalue weighted by atomic mass is 16.3. The van der Waals surface area contributed by atoms with E-state index in [2.05, 4.69) is 35.2 Å². The first-order valence-corrected chi connectivity index (χ1v) is 6.76. The fourth-order valence-corrected chi connectivity index (χ4v) is 3.37. The molecule has 1 spiro atoms. The number of hydrogen-bond acceptors (Lipinski definition) is 2. The van der Waals surface area contributed by atoms with Gasteiger partial charge >= 0.3 is 0 Å². The maximum Gasteiger partial charge on any atom is 0.0570 e. The van der Waals surface area contributed by atoms with Gasteiger partial charge in [-0.05, 0) is 37.7 Å². The standard InChI is InChI=1S/C15H21NO/c17-14-7-10-16(15(11-14)8-4-9-15)12-13-5-2-1-3-6-13/h1-3,5-6,14,17H,4,7-12H2. The smallest absolute Gasteiger partial charge is 0.0570 e. The molecule has 1 aromatic carbocycles. The number of aliphatic hydroxyl groups excluding tert-OH is 1. The summed E-state index contributed by atoms with van der Waals surface area (Å²) in [6, 6.07) is 10.7. The van der Waals surface area contributed by atoms with E-state index >= 15 is 0 Å². The molecule has 2 fully saturated rings. The zero-order valence-electron chi connectivity index (χ0n) is 10.3. The van der Waals surface area contributed by atoms with Crippen LogP contribution in [0.5, 0.6) is 0 Å². The number of piperidine rings is 1. The van der Waals surface area contributed by atoms with Gasteiger partial charge < -0.3 is 5.11 Å². The van der Waals surface area contributed by atoms with E-state index in [0.29, 0.717) is 5.54 Å². The summed E-state index contributed by atoms with van der Waals surface area (Å²) in [5.41, 5.74) is 1.73. The highest BCUT2D eigenvalue weighted by Crippen LogP contribution is 2.44. The van der Waals surface area contributed by atoms with Crippen molar-refractivity contribution in [3.05, 3.63) is 35.9 Å². The molecule has 1 heterocycles. The van der Waals surface area contributed by atoms with Crippen LogP contribution in [-0.4, -0.2) is 28.2 Å². The van der Waals surface area contributed by atoms with E-state index < -0.39 is 0 Å². The molecule has 2 aliphatic rings. The van der Waals surface area contributed by atoms with Crippen LogP contribution in [-0.2, 0) is 6.54 Å². The van der Waals surface area contributed by atoms with E-state index in [4.69, 9.17) is 0 Å². The monoisotopic (exact) mass is 231 g/mol. The number of nitrogens with zero attached hydrogens (tertiary/aromatic N) is 1. The van der Waals surface area contributed by atoms with Gasteiger partial charge in [0.2, 0.25) is 0 Å². The van der Waals surface area contributed by atoms with Crippen molar-refractivity contribution in [1.82, 2.24) is 4.90 Å². The Balaban J connectivity index is 1.73. The molecule has 1 saturated heterocycles. The number of likely N-dealkylation sites (tertiary alicyclic amines) is 1. The van der Waals surface area contributed by atoms with Gasteiger partial charge in [-0.1, -0.05) is 30.3 Å². The maximum absolute atomic E-state index is 9.87. The zero-order chi connectivity index (χ0) is 11.7. The third kappa shape index (κ3) is 2.12. The molecule has 1 saturated carbocycles. The third-order valence-electron chi connectivity index (χ3n) is 4.52. The Hall–Kier alpha value is -0.860. The summed E-state index contributed by atoms with van der Waals surface area (Å²) in [6.45, 7) is 2.10. The highest BCUT2D eigenvalue weighted by molar-refractivity contribution is 5.16. The molecular weight excluding hydrogens is 210 g/mol. The predicted octanol–water partition coefficient (Wildman–Crippen LogP) is 2.57. The molecule has 0 aromatic heterocycles. The number of rotatable bonds is 2. The summed E-state index contributed by atoms with van der Waals surface area (Å²) >= 11 is 0. The Morgan fingerprint density at radius 3 is 2.65 bits per heavy atom. The van der Waals surface area contributed by atoms with Gasteiger partial charge in [0.15, 0.2) is 0 Å². The highest BCUT2D eigenvalue weighted by Gasteiger charge is 2.45. The summed E-state index contributed by atoms with van der Waals surface area (Å²) in [5, 5.41) is 9.87. The summed E-state index contributed by atoms with van der Waals surface area (Å²) in [6.07, 6.45) is 5.74. The molecule has 1 aliphatic heterocycles. The fraction of sp³-hybridized carbons (Fsp3) is 0.600. The number of aliphatic hydroxyl groups is 1. The van der Waals surface area contributed by atoms with Gasteiger partial charge in [0.1, 0.15) is 0 Å². The van der Waals surface area contributed by atoms with Crippen LogP contribution in [0.1, 0.15) is 37.7 Å². The Labute approximate surface area is 103 Å². The van der Waals surface area contributed by atoms with Crippen LogP contribution in [0.4, 0.5) is 0 Å². The third-order valence-corrected chi connectivity index (χ3v) is 4.52. The molecule has 2 heteroatoms. The summed E-state index contributed by atoms with van der Waals surface area (Å²) < 4.78 is 0. The van der Waals surface area contributed by atoms with Crippen molar-refractivity contribution >= 4 is 0 Å². The summed E-state index contributed by atoms with van der Waals surface area (Å²) in [7, 11) is 0. The van der Waals surface area contributed by atoms with Crippen LogP contribution in [0.3, 0.4) is 0 Å². The molecule has 1 aliphatic carbocycles. The molecule has 1 N–H and O–H groups in total. The van der Waals surface area contributed by atoms with Crippen molar-refractivity contribution in [1.29, 1.82) is 0 Å². The Bertz CT molecular complexity index is 372. The second-order valence-electron chi connectivity index (χ2n) is 5.63. The van der Waals surface area contributed by atoms with Crippen molar-refractivity contribution in [2.45, 2.75) is 50.3 Å². The molecule has 0 radical (unpaired) electrons. The van der Waals surface area contributed by atoms with Gasteiger partial charge in [-0.2, -0.15) is 0 Å². The first-order chi connectivity index (χ1) is 8.28. The van der Waals surface area contributed by atoms with Gasteiger partial charge in [-0.3, -0.25) is 4.90 Å². The van der Waals surface area contributed by atoms with Crippen LogP contribution in [0, 0.1) is 0 Å². The second-order valence-corrected chi connectivity index (χ2v) is 5.63. The average Bonchev–Trinajstić information content (AvgIpc) is 2.31.